The molecule has 3 heteroatoms. The average molecular weight is 216 g/mol. The van der Waals surface area contributed by atoms with Crippen molar-refractivity contribution >= 4 is 12.6 Å². The summed E-state index contributed by atoms with van der Waals surface area (Å²) in [5, 5.41) is 0. The lowest BCUT2D eigenvalue weighted by Crippen LogP contribution is -2.02. The van der Waals surface area contributed by atoms with Crippen molar-refractivity contribution in [2.45, 2.75) is 27.2 Å². The molecule has 0 aliphatic carbocycles. The SMILES string of the molecule is CC.CS.Cc1ccc(CCN)cn1.[HH]. The molecule has 14 heavy (non-hydrogen) atoms. The van der Waals surface area contributed by atoms with E-state index in [1.54, 1.807) is 6.26 Å². The van der Waals surface area contributed by atoms with Crippen molar-refractivity contribution in [1.29, 1.82) is 0 Å². The Labute approximate surface area is 94.8 Å². The summed E-state index contributed by atoms with van der Waals surface area (Å²) in [6, 6.07) is 4.07. The van der Waals surface area contributed by atoms with Gasteiger partial charge in [0.25, 0.3) is 0 Å². The van der Waals surface area contributed by atoms with Crippen LogP contribution in [0.3, 0.4) is 0 Å². The molecule has 0 fully saturated rings. The van der Waals surface area contributed by atoms with Crippen molar-refractivity contribution < 1.29 is 1.43 Å². The zero-order valence-corrected chi connectivity index (χ0v) is 10.5. The summed E-state index contributed by atoms with van der Waals surface area (Å²) < 4.78 is 0. The van der Waals surface area contributed by atoms with E-state index in [2.05, 4.69) is 23.7 Å². The van der Waals surface area contributed by atoms with Crippen LogP contribution >= 0.6 is 12.6 Å². The maximum absolute atomic E-state index is 5.37. The third-order valence-corrected chi connectivity index (χ3v) is 1.41. The number of aryl methyl sites for hydroxylation is 1. The highest BCUT2D eigenvalue weighted by molar-refractivity contribution is 7.79. The normalized spacial score (nSPS) is 7.86. The number of rotatable bonds is 2. The van der Waals surface area contributed by atoms with Gasteiger partial charge in [-0.25, -0.2) is 0 Å². The third kappa shape index (κ3) is 8.08. The van der Waals surface area contributed by atoms with E-state index in [4.69, 9.17) is 5.73 Å². The molecule has 1 heterocycles. The summed E-state index contributed by atoms with van der Waals surface area (Å²) in [5.41, 5.74) is 7.64. The number of hydrogen-bond donors (Lipinski definition) is 2. The van der Waals surface area contributed by atoms with Crippen LogP contribution in [0.5, 0.6) is 0 Å². The largest absolute Gasteiger partial charge is 0.330 e. The van der Waals surface area contributed by atoms with Gasteiger partial charge in [0.15, 0.2) is 0 Å². The van der Waals surface area contributed by atoms with Gasteiger partial charge in [0.05, 0.1) is 0 Å². The van der Waals surface area contributed by atoms with Crippen LogP contribution in [0.1, 0.15) is 26.5 Å². The van der Waals surface area contributed by atoms with Gasteiger partial charge in [-0.05, 0) is 37.8 Å². The molecular weight excluding hydrogens is 192 g/mol. The number of aromatic nitrogens is 1. The molecule has 0 bridgehead atoms. The summed E-state index contributed by atoms with van der Waals surface area (Å²) in [4.78, 5) is 4.14. The topological polar surface area (TPSA) is 38.9 Å². The molecule has 2 N–H and O–H groups in total. The molecule has 0 atom stereocenters. The molecule has 0 unspecified atom stereocenters. The van der Waals surface area contributed by atoms with Gasteiger partial charge in [0.2, 0.25) is 0 Å². The van der Waals surface area contributed by atoms with Gasteiger partial charge in [-0.1, -0.05) is 19.9 Å². The summed E-state index contributed by atoms with van der Waals surface area (Å²) >= 11 is 3.53. The Morgan fingerprint density at radius 3 is 2.29 bits per heavy atom. The van der Waals surface area contributed by atoms with Crippen LogP contribution in [0, 0.1) is 6.92 Å². The Morgan fingerprint density at radius 2 is 1.93 bits per heavy atom. The monoisotopic (exact) mass is 216 g/mol. The molecule has 0 aliphatic heterocycles. The minimum Gasteiger partial charge on any atom is -0.330 e. The number of thiol groups is 1. The van der Waals surface area contributed by atoms with E-state index < -0.39 is 0 Å². The first-order valence-electron chi connectivity index (χ1n) is 4.89. The standard InChI is InChI=1S/C8H12N2.C2H6.CH4S.H2/c1-7-2-3-8(4-5-9)6-10-7;2*1-2;/h2-3,6H,4-5,9H2,1H3;1-2H3;2H,1H3;1H. The van der Waals surface area contributed by atoms with Gasteiger partial charge in [-0.2, -0.15) is 12.6 Å². The minimum atomic E-state index is 0. The van der Waals surface area contributed by atoms with E-state index >= 15 is 0 Å². The highest BCUT2D eigenvalue weighted by Crippen LogP contribution is 1.98. The van der Waals surface area contributed by atoms with Gasteiger partial charge in [0, 0.05) is 13.3 Å². The fraction of sp³-hybridized carbons (Fsp3) is 0.545. The lowest BCUT2D eigenvalue weighted by Gasteiger charge is -1.96. The van der Waals surface area contributed by atoms with Gasteiger partial charge >= 0.3 is 0 Å². The molecule has 0 radical (unpaired) electrons. The van der Waals surface area contributed by atoms with Crippen LogP contribution in [0.15, 0.2) is 18.3 Å². The van der Waals surface area contributed by atoms with Gasteiger partial charge < -0.3 is 5.73 Å². The van der Waals surface area contributed by atoms with Crippen molar-refractivity contribution in [3.63, 3.8) is 0 Å². The predicted octanol–water partition coefficient (Wildman–Crippen LogP) is 2.71. The van der Waals surface area contributed by atoms with Crippen LogP contribution in [-0.2, 0) is 6.42 Å². The summed E-state index contributed by atoms with van der Waals surface area (Å²) in [6.45, 7) is 6.68. The second-order valence-electron chi connectivity index (χ2n) is 2.35. The van der Waals surface area contributed by atoms with Crippen LogP contribution in [-0.4, -0.2) is 17.8 Å². The Morgan fingerprint density at radius 1 is 1.36 bits per heavy atom. The fourth-order valence-corrected chi connectivity index (χ4v) is 0.813. The number of pyridine rings is 1. The number of hydrogen-bond acceptors (Lipinski definition) is 3. The lowest BCUT2D eigenvalue weighted by molar-refractivity contribution is 0.954. The van der Waals surface area contributed by atoms with Crippen molar-refractivity contribution in [2.75, 3.05) is 12.8 Å². The summed E-state index contributed by atoms with van der Waals surface area (Å²) in [7, 11) is 0. The smallest absolute Gasteiger partial charge is 0.0372 e. The van der Waals surface area contributed by atoms with Crippen molar-refractivity contribution in [3.8, 4) is 0 Å². The van der Waals surface area contributed by atoms with E-state index in [-0.39, 0.29) is 1.43 Å². The molecule has 1 rings (SSSR count). The van der Waals surface area contributed by atoms with Crippen molar-refractivity contribution in [3.05, 3.63) is 29.6 Å². The van der Waals surface area contributed by atoms with Crippen molar-refractivity contribution in [2.24, 2.45) is 5.73 Å². The Kier molecular flexibility index (Phi) is 14.2. The van der Waals surface area contributed by atoms with E-state index in [1.807, 2.05) is 33.0 Å². The predicted molar refractivity (Wildman–Crippen MR) is 70.1 cm³/mol. The molecule has 2 nitrogen and oxygen atoms in total. The van der Waals surface area contributed by atoms with Crippen molar-refractivity contribution in [1.82, 2.24) is 4.98 Å². The Hall–Kier alpha value is -0.540. The first kappa shape index (κ1) is 15.9. The van der Waals surface area contributed by atoms with E-state index in [0.717, 1.165) is 12.1 Å². The highest BCUT2D eigenvalue weighted by Gasteiger charge is 1.89. The van der Waals surface area contributed by atoms with Gasteiger partial charge in [0.1, 0.15) is 0 Å². The Bertz CT molecular complexity index is 202. The molecular formula is C11H24N2S. The van der Waals surface area contributed by atoms with E-state index in [9.17, 15) is 0 Å². The van der Waals surface area contributed by atoms with Gasteiger partial charge in [-0.15, -0.1) is 0 Å². The molecule has 84 valence electrons. The third-order valence-electron chi connectivity index (χ3n) is 1.41. The molecule has 0 saturated carbocycles. The molecule has 0 aromatic carbocycles. The summed E-state index contributed by atoms with van der Waals surface area (Å²) in [6.07, 6.45) is 4.50. The zero-order valence-electron chi connectivity index (χ0n) is 9.62. The zero-order chi connectivity index (χ0) is 11.4. The van der Waals surface area contributed by atoms with E-state index in [0.29, 0.717) is 6.54 Å². The molecule has 1 aromatic heterocycles. The molecule has 0 amide bonds. The maximum atomic E-state index is 5.37. The molecule has 0 spiro atoms. The summed E-state index contributed by atoms with van der Waals surface area (Å²) in [5.74, 6) is 0. The van der Waals surface area contributed by atoms with Gasteiger partial charge in [-0.3, -0.25) is 4.98 Å². The quantitative estimate of drug-likeness (QED) is 0.746. The van der Waals surface area contributed by atoms with Crippen LogP contribution in [0.4, 0.5) is 0 Å². The van der Waals surface area contributed by atoms with Crippen LogP contribution in [0.25, 0.3) is 0 Å². The molecule has 1 aromatic rings. The van der Waals surface area contributed by atoms with E-state index in [1.165, 1.54) is 5.56 Å². The second-order valence-corrected chi connectivity index (χ2v) is 2.35. The highest BCUT2D eigenvalue weighted by atomic mass is 32.1. The first-order valence-corrected chi connectivity index (χ1v) is 5.78. The Balaban J connectivity index is -0.000000258. The number of nitrogens with two attached hydrogens (primary N) is 1. The molecule has 0 aliphatic rings. The minimum absolute atomic E-state index is 0. The maximum Gasteiger partial charge on any atom is 0.0372 e. The fourth-order valence-electron chi connectivity index (χ4n) is 0.813. The second kappa shape index (κ2) is 12.5. The van der Waals surface area contributed by atoms with Crippen LogP contribution < -0.4 is 5.73 Å². The van der Waals surface area contributed by atoms with Crippen LogP contribution in [0.2, 0.25) is 0 Å². The average Bonchev–Trinajstić information content (AvgIpc) is 2.28. The first-order chi connectivity index (χ1) is 6.83. The lowest BCUT2D eigenvalue weighted by atomic mass is 10.2. The molecule has 0 saturated heterocycles. The number of nitrogens with zero attached hydrogens (tertiary/aromatic N) is 1.